The zero-order valence-corrected chi connectivity index (χ0v) is 20.1. The van der Waals surface area contributed by atoms with Gasteiger partial charge in [-0.05, 0) is 62.0 Å². The number of benzene rings is 2. The van der Waals surface area contributed by atoms with Crippen LogP contribution < -0.4 is 15.5 Å². The zero-order chi connectivity index (χ0) is 22.6. The average molecular weight is 553 g/mol. The fourth-order valence-electron chi connectivity index (χ4n) is 2.60. The molecule has 0 aromatic heterocycles. The second-order valence-corrected chi connectivity index (χ2v) is 7.95. The predicted molar refractivity (Wildman–Crippen MR) is 127 cm³/mol. The van der Waals surface area contributed by atoms with Crippen LogP contribution >= 0.6 is 31.9 Å². The summed E-state index contributed by atoms with van der Waals surface area (Å²) >= 11 is 6.91. The van der Waals surface area contributed by atoms with E-state index in [4.69, 9.17) is 9.47 Å². The second-order valence-electron chi connectivity index (χ2n) is 6.24. The smallest absolute Gasteiger partial charge is 0.407 e. The lowest BCUT2D eigenvalue weighted by atomic mass is 10.0. The molecular weight excluding hydrogens is 530 g/mol. The van der Waals surface area contributed by atoms with E-state index >= 15 is 0 Å². The Morgan fingerprint density at radius 1 is 1.19 bits per heavy atom. The molecule has 0 radical (unpaired) electrons. The highest BCUT2D eigenvalue weighted by atomic mass is 79.9. The monoisotopic (exact) mass is 551 g/mol. The number of nitrogens with one attached hydrogen (secondary N) is 2. The summed E-state index contributed by atoms with van der Waals surface area (Å²) < 4.78 is 12.0. The first-order chi connectivity index (χ1) is 14.9. The number of amides is 2. The number of halogens is 2. The minimum Gasteiger partial charge on any atom is -0.487 e. The molecule has 0 fully saturated rings. The minimum absolute atomic E-state index is 0.00187. The number of alkyl carbamates (subject to hydrolysis) is 1. The van der Waals surface area contributed by atoms with Crippen molar-refractivity contribution < 1.29 is 19.1 Å². The van der Waals surface area contributed by atoms with Crippen molar-refractivity contribution in [2.24, 2.45) is 5.10 Å². The summed E-state index contributed by atoms with van der Waals surface area (Å²) in [5, 5.41) is 6.71. The minimum atomic E-state index is -0.582. The molecular formula is C22H23Br2N3O4. The maximum atomic E-state index is 12.4. The third kappa shape index (κ3) is 8.18. The largest absolute Gasteiger partial charge is 0.487 e. The van der Waals surface area contributed by atoms with Crippen LogP contribution in [0.2, 0.25) is 0 Å². The molecule has 31 heavy (non-hydrogen) atoms. The van der Waals surface area contributed by atoms with Crippen LogP contribution in [0.1, 0.15) is 30.5 Å². The summed E-state index contributed by atoms with van der Waals surface area (Å²) in [5.41, 5.74) is 4.02. The van der Waals surface area contributed by atoms with E-state index in [-0.39, 0.29) is 18.9 Å². The van der Waals surface area contributed by atoms with Gasteiger partial charge in [0.05, 0.1) is 34.2 Å². The second kappa shape index (κ2) is 12.9. The van der Waals surface area contributed by atoms with Gasteiger partial charge in [0.15, 0.2) is 0 Å². The summed E-state index contributed by atoms with van der Waals surface area (Å²) in [6, 6.07) is 12.3. The number of hydrazone groups is 1. The van der Waals surface area contributed by atoms with Crippen molar-refractivity contribution in [3.63, 3.8) is 0 Å². The van der Waals surface area contributed by atoms with Gasteiger partial charge >= 0.3 is 6.09 Å². The number of nitrogens with zero attached hydrogens (tertiary/aromatic N) is 1. The van der Waals surface area contributed by atoms with Gasteiger partial charge in [-0.2, -0.15) is 5.10 Å². The van der Waals surface area contributed by atoms with Crippen LogP contribution in [0.25, 0.3) is 0 Å². The Bertz CT molecular complexity index is 913. The topological polar surface area (TPSA) is 89.0 Å². The first kappa shape index (κ1) is 24.6. The fourth-order valence-corrected chi connectivity index (χ4v) is 4.05. The van der Waals surface area contributed by atoms with Crippen molar-refractivity contribution in [1.29, 1.82) is 0 Å². The molecule has 2 amide bonds. The van der Waals surface area contributed by atoms with E-state index in [1.807, 2.05) is 42.5 Å². The molecule has 2 rings (SSSR count). The standard InChI is InChI=1S/C22H23Br2N3O4/c1-3-10-31-21-17(23)11-15(12-18(21)24)14-25-27-20(28)13-19(26-22(29)30-4-2)16-8-6-5-7-9-16/h3,5-9,11-12,14,19H,1,4,10,13H2,2H3,(H,26,29)(H,27,28)/b25-14-/t19-/m1/s1. The lowest BCUT2D eigenvalue weighted by Gasteiger charge is -2.18. The number of ether oxygens (including phenoxy) is 2. The molecule has 0 unspecified atom stereocenters. The molecule has 1 atom stereocenters. The van der Waals surface area contributed by atoms with Crippen molar-refractivity contribution in [2.75, 3.05) is 13.2 Å². The highest BCUT2D eigenvalue weighted by Gasteiger charge is 2.18. The van der Waals surface area contributed by atoms with Crippen molar-refractivity contribution in [2.45, 2.75) is 19.4 Å². The molecule has 7 nitrogen and oxygen atoms in total. The molecule has 0 saturated heterocycles. The maximum absolute atomic E-state index is 12.4. The van der Waals surface area contributed by atoms with Gasteiger partial charge in [0.25, 0.3) is 0 Å². The van der Waals surface area contributed by atoms with E-state index in [1.54, 1.807) is 13.0 Å². The molecule has 0 bridgehead atoms. The summed E-state index contributed by atoms with van der Waals surface area (Å²) in [5.74, 6) is 0.294. The Morgan fingerprint density at radius 3 is 2.48 bits per heavy atom. The van der Waals surface area contributed by atoms with Gasteiger partial charge in [-0.15, -0.1) is 0 Å². The number of carbonyl (C=O) groups excluding carboxylic acids is 2. The lowest BCUT2D eigenvalue weighted by molar-refractivity contribution is -0.121. The Labute approximate surface area is 198 Å². The van der Waals surface area contributed by atoms with Gasteiger partial charge in [-0.1, -0.05) is 43.0 Å². The van der Waals surface area contributed by atoms with Gasteiger partial charge in [0.2, 0.25) is 5.91 Å². The third-order valence-electron chi connectivity index (χ3n) is 3.93. The Kier molecular flexibility index (Phi) is 10.3. The summed E-state index contributed by atoms with van der Waals surface area (Å²) in [4.78, 5) is 24.2. The Morgan fingerprint density at radius 2 is 1.87 bits per heavy atom. The SMILES string of the molecule is C=CCOc1c(Br)cc(/C=N\NC(=O)C[C@@H](NC(=O)OCC)c2ccccc2)cc1Br. The molecule has 0 saturated carbocycles. The van der Waals surface area contributed by atoms with Gasteiger partial charge in [-0.3, -0.25) is 4.79 Å². The van der Waals surface area contributed by atoms with Crippen LogP contribution in [0, 0.1) is 0 Å². The highest BCUT2D eigenvalue weighted by molar-refractivity contribution is 9.11. The number of hydrogen-bond donors (Lipinski definition) is 2. The number of hydrogen-bond acceptors (Lipinski definition) is 5. The Hall–Kier alpha value is -2.65. The van der Waals surface area contributed by atoms with Gasteiger partial charge in [0.1, 0.15) is 12.4 Å². The zero-order valence-electron chi connectivity index (χ0n) is 16.9. The summed E-state index contributed by atoms with van der Waals surface area (Å²) in [6.07, 6.45) is 2.59. The van der Waals surface area contributed by atoms with Crippen LogP contribution in [-0.4, -0.2) is 31.4 Å². The molecule has 0 aliphatic rings. The number of rotatable bonds is 10. The number of carbonyl (C=O) groups is 2. The molecule has 2 aromatic carbocycles. The molecule has 0 aliphatic heterocycles. The first-order valence-corrected chi connectivity index (χ1v) is 11.1. The normalized spacial score (nSPS) is 11.6. The lowest BCUT2D eigenvalue weighted by Crippen LogP contribution is -2.33. The maximum Gasteiger partial charge on any atom is 0.407 e. The molecule has 0 heterocycles. The van der Waals surface area contributed by atoms with Gasteiger partial charge in [0, 0.05) is 0 Å². The fraction of sp³-hybridized carbons (Fsp3) is 0.227. The van der Waals surface area contributed by atoms with Crippen LogP contribution in [0.15, 0.2) is 69.2 Å². The molecule has 2 N–H and O–H groups in total. The first-order valence-electron chi connectivity index (χ1n) is 9.47. The van der Waals surface area contributed by atoms with E-state index in [0.29, 0.717) is 12.4 Å². The molecule has 0 aliphatic carbocycles. The molecule has 0 spiro atoms. The van der Waals surface area contributed by atoms with Crippen molar-refractivity contribution in [1.82, 2.24) is 10.7 Å². The van der Waals surface area contributed by atoms with Crippen LogP contribution in [0.5, 0.6) is 5.75 Å². The molecule has 164 valence electrons. The van der Waals surface area contributed by atoms with Crippen LogP contribution in [0.3, 0.4) is 0 Å². The van der Waals surface area contributed by atoms with Crippen molar-refractivity contribution in [3.05, 3.63) is 75.2 Å². The Balaban J connectivity index is 2.02. The van der Waals surface area contributed by atoms with Crippen LogP contribution in [0.4, 0.5) is 4.79 Å². The molecule has 2 aromatic rings. The van der Waals surface area contributed by atoms with Crippen molar-refractivity contribution >= 4 is 50.1 Å². The average Bonchev–Trinajstić information content (AvgIpc) is 2.73. The van der Waals surface area contributed by atoms with Gasteiger partial charge in [-0.25, -0.2) is 10.2 Å². The molecule has 9 heteroatoms. The predicted octanol–water partition coefficient (Wildman–Crippen LogP) is 5.10. The third-order valence-corrected chi connectivity index (χ3v) is 5.11. The van der Waals surface area contributed by atoms with Gasteiger partial charge < -0.3 is 14.8 Å². The van der Waals surface area contributed by atoms with E-state index in [2.05, 4.69) is 54.3 Å². The highest BCUT2D eigenvalue weighted by Crippen LogP contribution is 2.34. The van der Waals surface area contributed by atoms with E-state index in [0.717, 1.165) is 20.1 Å². The quantitative estimate of drug-likeness (QED) is 0.244. The van der Waals surface area contributed by atoms with E-state index in [9.17, 15) is 9.59 Å². The summed E-state index contributed by atoms with van der Waals surface area (Å²) in [6.45, 7) is 5.96. The van der Waals surface area contributed by atoms with E-state index < -0.39 is 12.1 Å². The van der Waals surface area contributed by atoms with E-state index in [1.165, 1.54) is 6.21 Å². The summed E-state index contributed by atoms with van der Waals surface area (Å²) in [7, 11) is 0. The van der Waals surface area contributed by atoms with Crippen molar-refractivity contribution in [3.8, 4) is 5.75 Å². The van der Waals surface area contributed by atoms with Crippen LogP contribution in [-0.2, 0) is 9.53 Å².